The second kappa shape index (κ2) is 6.90. The number of ether oxygens (including phenoxy) is 1. The van der Waals surface area contributed by atoms with E-state index >= 15 is 0 Å². The molecule has 0 aromatic rings. The number of esters is 1. The van der Waals surface area contributed by atoms with E-state index in [0.29, 0.717) is 6.04 Å². The van der Waals surface area contributed by atoms with E-state index < -0.39 is 5.54 Å². The lowest BCUT2D eigenvalue weighted by atomic mass is 9.97. The zero-order valence-electron chi connectivity index (χ0n) is 13.3. The Kier molecular flexibility index (Phi) is 5.44. The molecule has 0 aromatic heterocycles. The summed E-state index contributed by atoms with van der Waals surface area (Å²) in [5.74, 6) is 0.784. The Bertz CT molecular complexity index is 334. The smallest absolute Gasteiger partial charge is 0.326 e. The van der Waals surface area contributed by atoms with Gasteiger partial charge in [0.1, 0.15) is 5.54 Å². The fraction of sp³-hybridized carbons (Fsp3) is 0.938. The molecule has 2 rings (SSSR count). The van der Waals surface area contributed by atoms with Crippen LogP contribution in [0.2, 0.25) is 0 Å². The molecule has 20 heavy (non-hydrogen) atoms. The third kappa shape index (κ3) is 3.17. The molecule has 2 fully saturated rings. The molecule has 0 amide bonds. The predicted octanol–water partition coefficient (Wildman–Crippen LogP) is 2.18. The number of hydrogen-bond donors (Lipinski definition) is 1. The van der Waals surface area contributed by atoms with Gasteiger partial charge in [-0.15, -0.1) is 0 Å². The molecule has 0 aromatic carbocycles. The first-order chi connectivity index (χ1) is 9.65. The highest BCUT2D eigenvalue weighted by atomic mass is 16.5. The average molecular weight is 282 g/mol. The van der Waals surface area contributed by atoms with Crippen molar-refractivity contribution < 1.29 is 9.53 Å². The summed E-state index contributed by atoms with van der Waals surface area (Å²) >= 11 is 0. The maximum atomic E-state index is 12.2. The topological polar surface area (TPSA) is 41.6 Å². The van der Waals surface area contributed by atoms with Crippen molar-refractivity contribution in [2.75, 3.05) is 26.7 Å². The van der Waals surface area contributed by atoms with Crippen LogP contribution < -0.4 is 5.32 Å². The summed E-state index contributed by atoms with van der Waals surface area (Å²) in [5, 5.41) is 3.47. The molecule has 1 heterocycles. The Morgan fingerprint density at radius 1 is 1.40 bits per heavy atom. The number of nitrogens with zero attached hydrogens (tertiary/aromatic N) is 1. The SMILES string of the molecule is CCCNC1(C(=O)OC)CCC(N2CCC(CC)C2)C1. The van der Waals surface area contributed by atoms with Gasteiger partial charge in [0, 0.05) is 12.6 Å². The number of nitrogens with one attached hydrogen (secondary N) is 1. The first-order valence-corrected chi connectivity index (χ1v) is 8.22. The van der Waals surface area contributed by atoms with Gasteiger partial charge in [-0.3, -0.25) is 4.79 Å². The lowest BCUT2D eigenvalue weighted by Gasteiger charge is -2.30. The third-order valence-electron chi connectivity index (χ3n) is 5.19. The van der Waals surface area contributed by atoms with E-state index in [1.807, 2.05) is 0 Å². The Morgan fingerprint density at radius 2 is 2.20 bits per heavy atom. The molecule has 2 aliphatic rings. The first kappa shape index (κ1) is 15.8. The summed E-state index contributed by atoms with van der Waals surface area (Å²) in [7, 11) is 1.51. The number of carbonyl (C=O) groups is 1. The molecule has 1 saturated heterocycles. The molecule has 4 nitrogen and oxygen atoms in total. The zero-order valence-corrected chi connectivity index (χ0v) is 13.3. The summed E-state index contributed by atoms with van der Waals surface area (Å²) in [4.78, 5) is 14.8. The highest BCUT2D eigenvalue weighted by Gasteiger charge is 2.48. The Hall–Kier alpha value is -0.610. The molecule has 0 radical (unpaired) electrons. The van der Waals surface area contributed by atoms with Gasteiger partial charge in [-0.2, -0.15) is 0 Å². The molecule has 1 saturated carbocycles. The molecule has 116 valence electrons. The van der Waals surface area contributed by atoms with Gasteiger partial charge >= 0.3 is 5.97 Å². The molecule has 4 heteroatoms. The van der Waals surface area contributed by atoms with Gasteiger partial charge in [-0.05, 0) is 51.1 Å². The summed E-state index contributed by atoms with van der Waals surface area (Å²) in [5.41, 5.74) is -0.431. The molecule has 0 spiro atoms. The van der Waals surface area contributed by atoms with Gasteiger partial charge in [0.05, 0.1) is 7.11 Å². The van der Waals surface area contributed by atoms with Crippen LogP contribution in [0.3, 0.4) is 0 Å². The van der Waals surface area contributed by atoms with Gasteiger partial charge in [-0.25, -0.2) is 0 Å². The van der Waals surface area contributed by atoms with Crippen molar-refractivity contribution in [3.8, 4) is 0 Å². The number of likely N-dealkylation sites (tertiary alicyclic amines) is 1. The predicted molar refractivity (Wildman–Crippen MR) is 80.7 cm³/mol. The fourth-order valence-electron chi connectivity index (χ4n) is 3.84. The van der Waals surface area contributed by atoms with E-state index in [0.717, 1.165) is 38.1 Å². The summed E-state index contributed by atoms with van der Waals surface area (Å²) in [6, 6.07) is 0.551. The van der Waals surface area contributed by atoms with E-state index in [1.165, 1.54) is 33.0 Å². The average Bonchev–Trinajstić information content (AvgIpc) is 3.11. The van der Waals surface area contributed by atoms with Crippen molar-refractivity contribution in [3.63, 3.8) is 0 Å². The standard InChI is InChI=1S/C16H30N2O2/c1-4-9-17-16(15(19)20-3)8-6-14(11-16)18-10-7-13(5-2)12-18/h13-14,17H,4-12H2,1-3H3. The Morgan fingerprint density at radius 3 is 2.80 bits per heavy atom. The van der Waals surface area contributed by atoms with Crippen molar-refractivity contribution in [2.45, 2.75) is 64.0 Å². The minimum atomic E-state index is -0.431. The molecule has 1 aliphatic heterocycles. The molecule has 1 N–H and O–H groups in total. The van der Waals surface area contributed by atoms with Crippen LogP contribution in [0.5, 0.6) is 0 Å². The van der Waals surface area contributed by atoms with E-state index in [4.69, 9.17) is 4.74 Å². The summed E-state index contributed by atoms with van der Waals surface area (Å²) < 4.78 is 5.07. The van der Waals surface area contributed by atoms with Gasteiger partial charge in [0.2, 0.25) is 0 Å². The molecular weight excluding hydrogens is 252 g/mol. The number of carbonyl (C=O) groups excluding carboxylic acids is 1. The van der Waals surface area contributed by atoms with Crippen LogP contribution in [0.1, 0.15) is 52.4 Å². The van der Waals surface area contributed by atoms with E-state index in [2.05, 4.69) is 24.1 Å². The van der Waals surface area contributed by atoms with Crippen LogP contribution in [0, 0.1) is 5.92 Å². The summed E-state index contributed by atoms with van der Waals surface area (Å²) in [6.07, 6.45) is 6.58. The van der Waals surface area contributed by atoms with Gasteiger partial charge in [0.25, 0.3) is 0 Å². The number of hydrogen-bond acceptors (Lipinski definition) is 4. The maximum absolute atomic E-state index is 12.2. The van der Waals surface area contributed by atoms with Crippen molar-refractivity contribution in [1.82, 2.24) is 10.2 Å². The Labute approximate surface area is 123 Å². The molecular formula is C16H30N2O2. The van der Waals surface area contributed by atoms with Crippen molar-refractivity contribution in [1.29, 1.82) is 0 Å². The van der Waals surface area contributed by atoms with Crippen LogP contribution in [0.4, 0.5) is 0 Å². The highest BCUT2D eigenvalue weighted by Crippen LogP contribution is 2.36. The monoisotopic (exact) mass is 282 g/mol. The molecule has 0 bridgehead atoms. The van der Waals surface area contributed by atoms with Crippen LogP contribution >= 0.6 is 0 Å². The molecule has 3 unspecified atom stereocenters. The lowest BCUT2D eigenvalue weighted by molar-refractivity contribution is -0.148. The van der Waals surface area contributed by atoms with Gasteiger partial charge < -0.3 is 15.0 Å². The normalized spacial score (nSPS) is 34.5. The van der Waals surface area contributed by atoms with Crippen LogP contribution in [0.25, 0.3) is 0 Å². The van der Waals surface area contributed by atoms with E-state index in [9.17, 15) is 4.79 Å². The Balaban J connectivity index is 1.98. The lowest BCUT2D eigenvalue weighted by Crippen LogP contribution is -2.52. The first-order valence-electron chi connectivity index (χ1n) is 8.22. The van der Waals surface area contributed by atoms with Crippen molar-refractivity contribution in [2.24, 2.45) is 5.92 Å². The molecule has 1 aliphatic carbocycles. The minimum absolute atomic E-state index is 0.0697. The summed E-state index contributed by atoms with van der Waals surface area (Å²) in [6.45, 7) is 7.72. The second-order valence-corrected chi connectivity index (χ2v) is 6.45. The minimum Gasteiger partial charge on any atom is -0.468 e. The van der Waals surface area contributed by atoms with Crippen LogP contribution in [-0.4, -0.2) is 49.2 Å². The third-order valence-corrected chi connectivity index (χ3v) is 5.19. The fourth-order valence-corrected chi connectivity index (χ4v) is 3.84. The highest BCUT2D eigenvalue weighted by molar-refractivity contribution is 5.81. The quantitative estimate of drug-likeness (QED) is 0.758. The van der Waals surface area contributed by atoms with Crippen molar-refractivity contribution >= 4 is 5.97 Å². The maximum Gasteiger partial charge on any atom is 0.326 e. The molecule has 3 atom stereocenters. The van der Waals surface area contributed by atoms with Crippen molar-refractivity contribution in [3.05, 3.63) is 0 Å². The van der Waals surface area contributed by atoms with Crippen LogP contribution in [0.15, 0.2) is 0 Å². The second-order valence-electron chi connectivity index (χ2n) is 6.45. The van der Waals surface area contributed by atoms with E-state index in [-0.39, 0.29) is 5.97 Å². The largest absolute Gasteiger partial charge is 0.468 e. The van der Waals surface area contributed by atoms with E-state index in [1.54, 1.807) is 0 Å². The number of methoxy groups -OCH3 is 1. The van der Waals surface area contributed by atoms with Gasteiger partial charge in [-0.1, -0.05) is 20.3 Å². The zero-order chi connectivity index (χ0) is 14.6. The van der Waals surface area contributed by atoms with Gasteiger partial charge in [0.15, 0.2) is 0 Å². The van der Waals surface area contributed by atoms with Crippen LogP contribution in [-0.2, 0) is 9.53 Å². The number of rotatable bonds is 6.